The van der Waals surface area contributed by atoms with Crippen LogP contribution >= 0.6 is 0 Å². The van der Waals surface area contributed by atoms with Gasteiger partial charge in [-0.2, -0.15) is 0 Å². The summed E-state index contributed by atoms with van der Waals surface area (Å²) in [6, 6.07) is 4.06. The molecule has 0 aromatic carbocycles. The molecule has 0 bridgehead atoms. The van der Waals surface area contributed by atoms with Crippen LogP contribution in [0, 0.1) is 0 Å². The molecule has 0 unspecified atom stereocenters. The zero-order valence-corrected chi connectivity index (χ0v) is 6.78. The summed E-state index contributed by atoms with van der Waals surface area (Å²) in [6.07, 6.45) is 1.84. The van der Waals surface area contributed by atoms with Gasteiger partial charge in [0, 0.05) is 20.3 Å². The van der Waals surface area contributed by atoms with Crippen molar-refractivity contribution in [1.82, 2.24) is 9.99 Å². The fraction of sp³-hybridized carbons (Fsp3) is 0.375. The third kappa shape index (κ3) is 0.886. The van der Waals surface area contributed by atoms with Crippen molar-refractivity contribution < 1.29 is 0 Å². The van der Waals surface area contributed by atoms with Crippen LogP contribution in [-0.4, -0.2) is 24.1 Å². The number of hydrogen-bond donors (Lipinski definition) is 0. The van der Waals surface area contributed by atoms with Gasteiger partial charge in [-0.25, -0.2) is 5.01 Å². The Kier molecular flexibility index (Phi) is 1.32. The summed E-state index contributed by atoms with van der Waals surface area (Å²) >= 11 is 0. The molecule has 58 valence electrons. The highest BCUT2D eigenvalue weighted by Crippen LogP contribution is 2.25. The molecule has 0 aliphatic carbocycles. The molecule has 1 aliphatic heterocycles. The van der Waals surface area contributed by atoms with Crippen molar-refractivity contribution in [2.24, 2.45) is 0 Å². The summed E-state index contributed by atoms with van der Waals surface area (Å²) in [6.45, 7) is 0.923. The van der Waals surface area contributed by atoms with E-state index < -0.39 is 0 Å². The van der Waals surface area contributed by atoms with Crippen LogP contribution in [-0.2, 0) is 6.54 Å². The monoisotopic (exact) mass is 149 g/mol. The van der Waals surface area contributed by atoms with Crippen LogP contribution in [0.4, 0.5) is 5.69 Å². The first kappa shape index (κ1) is 6.61. The molecule has 0 saturated carbocycles. The number of fused-ring (bicyclic) bond motifs is 1. The van der Waals surface area contributed by atoms with Gasteiger partial charge in [0.25, 0.3) is 0 Å². The number of nitrogens with zero attached hydrogens (tertiary/aromatic N) is 3. The van der Waals surface area contributed by atoms with Gasteiger partial charge in [0.05, 0.1) is 17.9 Å². The molecule has 0 amide bonds. The molecule has 1 aromatic heterocycles. The van der Waals surface area contributed by atoms with Crippen molar-refractivity contribution in [3.05, 3.63) is 24.0 Å². The second kappa shape index (κ2) is 2.20. The van der Waals surface area contributed by atoms with E-state index in [1.165, 1.54) is 5.69 Å². The Balaban J connectivity index is 2.47. The molecular formula is C8H11N3. The van der Waals surface area contributed by atoms with Crippen LogP contribution in [0.2, 0.25) is 0 Å². The van der Waals surface area contributed by atoms with Gasteiger partial charge in [0.15, 0.2) is 0 Å². The van der Waals surface area contributed by atoms with E-state index in [2.05, 4.69) is 28.1 Å². The molecule has 3 heteroatoms. The van der Waals surface area contributed by atoms with E-state index in [0.29, 0.717) is 0 Å². The summed E-state index contributed by atoms with van der Waals surface area (Å²) in [5, 5.41) is 4.25. The molecule has 0 fully saturated rings. The maximum atomic E-state index is 4.28. The molecule has 11 heavy (non-hydrogen) atoms. The average molecular weight is 149 g/mol. The Morgan fingerprint density at radius 2 is 2.27 bits per heavy atom. The van der Waals surface area contributed by atoms with Crippen LogP contribution in [0.25, 0.3) is 0 Å². The van der Waals surface area contributed by atoms with Gasteiger partial charge in [0.1, 0.15) is 0 Å². The highest BCUT2D eigenvalue weighted by Gasteiger charge is 2.20. The van der Waals surface area contributed by atoms with Gasteiger partial charge in [-0.15, -0.1) is 0 Å². The van der Waals surface area contributed by atoms with Crippen molar-refractivity contribution in [1.29, 1.82) is 0 Å². The molecule has 0 atom stereocenters. The van der Waals surface area contributed by atoms with E-state index in [9.17, 15) is 0 Å². The predicted molar refractivity (Wildman–Crippen MR) is 44.1 cm³/mol. The minimum atomic E-state index is 0.923. The van der Waals surface area contributed by atoms with Gasteiger partial charge in [-0.3, -0.25) is 4.98 Å². The Hall–Kier alpha value is -1.09. The predicted octanol–water partition coefficient (Wildman–Crippen LogP) is 0.878. The summed E-state index contributed by atoms with van der Waals surface area (Å²) in [7, 11) is 4.11. The Morgan fingerprint density at radius 1 is 1.45 bits per heavy atom. The van der Waals surface area contributed by atoms with E-state index in [1.807, 2.05) is 19.3 Å². The maximum Gasteiger partial charge on any atom is 0.0809 e. The molecule has 1 aromatic rings. The smallest absolute Gasteiger partial charge is 0.0809 e. The zero-order chi connectivity index (χ0) is 7.84. The van der Waals surface area contributed by atoms with E-state index in [0.717, 1.165) is 12.2 Å². The van der Waals surface area contributed by atoms with Crippen molar-refractivity contribution in [2.75, 3.05) is 19.1 Å². The Bertz CT molecular complexity index is 272. The molecule has 0 spiro atoms. The second-order valence-electron chi connectivity index (χ2n) is 2.81. The lowest BCUT2D eigenvalue weighted by molar-refractivity contribution is 0.343. The maximum absolute atomic E-state index is 4.28. The van der Waals surface area contributed by atoms with Crippen LogP contribution in [0.1, 0.15) is 5.69 Å². The van der Waals surface area contributed by atoms with Gasteiger partial charge < -0.3 is 5.01 Å². The lowest BCUT2D eigenvalue weighted by Crippen LogP contribution is -2.29. The second-order valence-corrected chi connectivity index (χ2v) is 2.81. The van der Waals surface area contributed by atoms with Gasteiger partial charge >= 0.3 is 0 Å². The third-order valence-electron chi connectivity index (χ3n) is 2.11. The fourth-order valence-electron chi connectivity index (χ4n) is 1.35. The number of rotatable bonds is 0. The van der Waals surface area contributed by atoms with E-state index >= 15 is 0 Å². The zero-order valence-electron chi connectivity index (χ0n) is 6.78. The number of pyridine rings is 1. The summed E-state index contributed by atoms with van der Waals surface area (Å²) < 4.78 is 0. The van der Waals surface area contributed by atoms with Crippen molar-refractivity contribution in [3.63, 3.8) is 0 Å². The van der Waals surface area contributed by atoms with E-state index in [1.54, 1.807) is 0 Å². The van der Waals surface area contributed by atoms with Gasteiger partial charge in [-0.05, 0) is 12.1 Å². The molecule has 0 saturated heterocycles. The number of anilines is 1. The summed E-state index contributed by atoms with van der Waals surface area (Å²) in [5.74, 6) is 0. The number of hydrogen-bond acceptors (Lipinski definition) is 3. The lowest BCUT2D eigenvalue weighted by atomic mass is 10.3. The quantitative estimate of drug-likeness (QED) is 0.546. The van der Waals surface area contributed by atoms with Crippen molar-refractivity contribution in [3.8, 4) is 0 Å². The van der Waals surface area contributed by atoms with Gasteiger partial charge in [-0.1, -0.05) is 0 Å². The summed E-state index contributed by atoms with van der Waals surface area (Å²) in [5.41, 5.74) is 2.38. The van der Waals surface area contributed by atoms with Crippen molar-refractivity contribution in [2.45, 2.75) is 6.54 Å². The molecule has 1 aliphatic rings. The van der Waals surface area contributed by atoms with E-state index in [-0.39, 0.29) is 0 Å². The van der Waals surface area contributed by atoms with Crippen LogP contribution in [0.15, 0.2) is 18.3 Å². The lowest BCUT2D eigenvalue weighted by Gasteiger charge is -2.20. The van der Waals surface area contributed by atoms with Crippen LogP contribution in [0.3, 0.4) is 0 Å². The largest absolute Gasteiger partial charge is 0.307 e. The highest BCUT2D eigenvalue weighted by molar-refractivity contribution is 5.51. The molecule has 3 nitrogen and oxygen atoms in total. The van der Waals surface area contributed by atoms with Crippen molar-refractivity contribution >= 4 is 5.69 Å². The van der Waals surface area contributed by atoms with Crippen LogP contribution in [0.5, 0.6) is 0 Å². The first-order valence-corrected chi connectivity index (χ1v) is 3.67. The Morgan fingerprint density at radius 3 is 3.00 bits per heavy atom. The van der Waals surface area contributed by atoms with E-state index in [4.69, 9.17) is 0 Å². The Labute approximate surface area is 66.2 Å². The highest BCUT2D eigenvalue weighted by atomic mass is 15.6. The minimum Gasteiger partial charge on any atom is -0.307 e. The normalized spacial score (nSPS) is 17.1. The SMILES string of the molecule is CN1Cc2ncccc2N1C. The first-order valence-electron chi connectivity index (χ1n) is 3.67. The first-order chi connectivity index (χ1) is 5.29. The molecule has 0 radical (unpaired) electrons. The molecule has 0 N–H and O–H groups in total. The van der Waals surface area contributed by atoms with Crippen LogP contribution < -0.4 is 5.01 Å². The number of hydrazine groups is 1. The standard InChI is InChI=1S/C8H11N3/c1-10-6-7-8(11(10)2)4-3-5-9-7/h3-5H,6H2,1-2H3. The van der Waals surface area contributed by atoms with Gasteiger partial charge in [0.2, 0.25) is 0 Å². The number of aromatic nitrogens is 1. The topological polar surface area (TPSA) is 19.4 Å². The average Bonchev–Trinajstić information content (AvgIpc) is 2.30. The minimum absolute atomic E-state index is 0.923. The molecule has 2 rings (SSSR count). The third-order valence-corrected chi connectivity index (χ3v) is 2.11. The summed E-state index contributed by atoms with van der Waals surface area (Å²) in [4.78, 5) is 4.28. The molecular weight excluding hydrogens is 138 g/mol. The molecule has 2 heterocycles. The fourth-order valence-corrected chi connectivity index (χ4v) is 1.35.